The number of fused-ring (bicyclic) bond motifs is 2. The number of rotatable bonds is 4. The predicted octanol–water partition coefficient (Wildman–Crippen LogP) is 2.04. The Morgan fingerprint density at radius 2 is 2.30 bits per heavy atom. The number of nitrogens with one attached hydrogen (secondary N) is 1. The minimum absolute atomic E-state index is 0.0136. The van der Waals surface area contributed by atoms with Crippen molar-refractivity contribution in [2.45, 2.75) is 31.3 Å². The summed E-state index contributed by atoms with van der Waals surface area (Å²) in [6.45, 7) is 1.50. The predicted molar refractivity (Wildman–Crippen MR) is 85.3 cm³/mol. The Kier molecular flexibility index (Phi) is 5.37. The minimum Gasteiger partial charge on any atom is -0.457 e. The molecular formula is C15H16ClF4N3O4. The van der Waals surface area contributed by atoms with Crippen molar-refractivity contribution in [2.24, 2.45) is 0 Å². The Balaban J connectivity index is 1.84. The third-order valence-electron chi connectivity index (χ3n) is 3.96. The second-order valence-corrected chi connectivity index (χ2v) is 6.55. The smallest absolute Gasteiger partial charge is 0.457 e. The molecule has 3 rings (SSSR count). The van der Waals surface area contributed by atoms with Crippen LogP contribution >= 0.6 is 11.6 Å². The summed E-state index contributed by atoms with van der Waals surface area (Å²) in [5.74, 6) is -4.17. The van der Waals surface area contributed by atoms with Gasteiger partial charge in [0.25, 0.3) is 0 Å². The number of hydrogen-bond acceptors (Lipinski definition) is 7. The molecule has 2 aliphatic heterocycles. The lowest BCUT2D eigenvalue weighted by Crippen LogP contribution is -2.68. The molecule has 2 saturated heterocycles. The lowest BCUT2D eigenvalue weighted by atomic mass is 10.1. The van der Waals surface area contributed by atoms with Crippen LogP contribution in [0.25, 0.3) is 0 Å². The molecule has 0 radical (unpaired) electrons. The molecule has 1 aromatic rings. The zero-order chi connectivity index (χ0) is 19.8. The van der Waals surface area contributed by atoms with Crippen LogP contribution < -0.4 is 15.0 Å². The molecule has 150 valence electrons. The topological polar surface area (TPSA) is 72.9 Å². The van der Waals surface area contributed by atoms with Crippen LogP contribution in [0.3, 0.4) is 0 Å². The molecule has 27 heavy (non-hydrogen) atoms. The molecule has 2 bridgehead atoms. The SMILES string of the molecule is CC(F)Oc1cc(N2CC3CNCC(OC(=O)C(F)(F)F)(C2)O3)cnc1Cl. The van der Waals surface area contributed by atoms with E-state index in [1.165, 1.54) is 19.2 Å². The van der Waals surface area contributed by atoms with Gasteiger partial charge in [0, 0.05) is 26.1 Å². The van der Waals surface area contributed by atoms with E-state index in [4.69, 9.17) is 21.1 Å². The average molecular weight is 414 g/mol. The number of ether oxygens (including phenoxy) is 3. The highest BCUT2D eigenvalue weighted by Gasteiger charge is 2.52. The monoisotopic (exact) mass is 413 g/mol. The first-order valence-corrected chi connectivity index (χ1v) is 8.36. The number of carbonyl (C=O) groups is 1. The quantitative estimate of drug-likeness (QED) is 0.460. The van der Waals surface area contributed by atoms with Gasteiger partial charge in [-0.25, -0.2) is 14.2 Å². The number of morpholine rings is 2. The van der Waals surface area contributed by atoms with Gasteiger partial charge in [-0.05, 0) is 0 Å². The molecule has 0 spiro atoms. The number of halogens is 5. The Morgan fingerprint density at radius 3 is 2.96 bits per heavy atom. The summed E-state index contributed by atoms with van der Waals surface area (Å²) in [5.41, 5.74) is 0.415. The van der Waals surface area contributed by atoms with Crippen LogP contribution in [0.15, 0.2) is 12.3 Å². The first-order chi connectivity index (χ1) is 12.6. The van der Waals surface area contributed by atoms with Crippen LogP contribution in [0.2, 0.25) is 5.15 Å². The van der Waals surface area contributed by atoms with Gasteiger partial charge < -0.3 is 24.4 Å². The zero-order valence-corrected chi connectivity index (χ0v) is 14.8. The molecule has 2 fully saturated rings. The standard InChI is InChI=1S/C15H16ClF4N3O4/c1-8(17)25-11-2-9(3-22-12(11)16)23-5-10-4-21-6-14(7-23,26-10)27-13(24)15(18,19)20/h2-3,8,10,21H,4-7H2,1H3. The highest BCUT2D eigenvalue weighted by atomic mass is 35.5. The highest BCUT2D eigenvalue weighted by Crippen LogP contribution is 2.34. The summed E-state index contributed by atoms with van der Waals surface area (Å²) in [4.78, 5) is 16.9. The van der Waals surface area contributed by atoms with Gasteiger partial charge in [-0.2, -0.15) is 13.2 Å². The Morgan fingerprint density at radius 1 is 1.56 bits per heavy atom. The molecule has 1 aromatic heterocycles. The Bertz CT molecular complexity index is 721. The number of aromatic nitrogens is 1. The van der Waals surface area contributed by atoms with Gasteiger partial charge in [-0.3, -0.25) is 0 Å². The van der Waals surface area contributed by atoms with E-state index in [2.05, 4.69) is 15.0 Å². The molecule has 0 aromatic carbocycles. The Hall–Kier alpha value is -1.85. The molecule has 3 atom stereocenters. The average Bonchev–Trinajstić information content (AvgIpc) is 2.55. The third-order valence-corrected chi connectivity index (χ3v) is 4.24. The number of carbonyl (C=O) groups excluding carboxylic acids is 1. The summed E-state index contributed by atoms with van der Waals surface area (Å²) in [7, 11) is 0. The third kappa shape index (κ3) is 4.53. The van der Waals surface area contributed by atoms with Gasteiger partial charge in [0.2, 0.25) is 12.1 Å². The molecule has 3 unspecified atom stereocenters. The van der Waals surface area contributed by atoms with E-state index >= 15 is 0 Å². The molecule has 3 heterocycles. The van der Waals surface area contributed by atoms with Gasteiger partial charge in [0.1, 0.15) is 0 Å². The molecule has 0 amide bonds. The number of nitrogens with zero attached hydrogens (tertiary/aromatic N) is 2. The summed E-state index contributed by atoms with van der Waals surface area (Å²) in [6, 6.07) is 1.42. The lowest BCUT2D eigenvalue weighted by Gasteiger charge is -2.49. The minimum atomic E-state index is -5.15. The van der Waals surface area contributed by atoms with Crippen LogP contribution in [-0.2, 0) is 14.3 Å². The van der Waals surface area contributed by atoms with Crippen molar-refractivity contribution in [3.8, 4) is 5.75 Å². The van der Waals surface area contributed by atoms with Crippen LogP contribution in [0.4, 0.5) is 23.2 Å². The number of pyridine rings is 1. The van der Waals surface area contributed by atoms with E-state index in [1.807, 2.05) is 0 Å². The van der Waals surface area contributed by atoms with Gasteiger partial charge in [0.15, 0.2) is 10.9 Å². The Labute approximate surface area is 156 Å². The van der Waals surface area contributed by atoms with Gasteiger partial charge in [0.05, 0.1) is 31.1 Å². The largest absolute Gasteiger partial charge is 0.491 e. The van der Waals surface area contributed by atoms with Gasteiger partial charge >= 0.3 is 12.1 Å². The van der Waals surface area contributed by atoms with E-state index < -0.39 is 30.4 Å². The van der Waals surface area contributed by atoms with Crippen LogP contribution in [0.1, 0.15) is 6.92 Å². The highest BCUT2D eigenvalue weighted by molar-refractivity contribution is 6.30. The molecule has 0 saturated carbocycles. The van der Waals surface area contributed by atoms with Gasteiger partial charge in [-0.15, -0.1) is 0 Å². The summed E-state index contributed by atoms with van der Waals surface area (Å²) < 4.78 is 66.2. The van der Waals surface area contributed by atoms with E-state index in [-0.39, 0.29) is 30.5 Å². The lowest BCUT2D eigenvalue weighted by molar-refractivity contribution is -0.284. The molecule has 1 N–H and O–H groups in total. The van der Waals surface area contributed by atoms with Crippen molar-refractivity contribution in [3.05, 3.63) is 17.4 Å². The maximum Gasteiger partial charge on any atom is 0.491 e. The second kappa shape index (κ2) is 7.28. The van der Waals surface area contributed by atoms with Crippen molar-refractivity contribution in [1.82, 2.24) is 10.3 Å². The normalized spacial score (nSPS) is 26.4. The first-order valence-electron chi connectivity index (χ1n) is 7.98. The van der Waals surface area contributed by atoms with Crippen molar-refractivity contribution in [2.75, 3.05) is 31.1 Å². The molecular weight excluding hydrogens is 398 g/mol. The van der Waals surface area contributed by atoms with Crippen molar-refractivity contribution >= 4 is 23.3 Å². The molecule has 12 heteroatoms. The number of anilines is 1. The fraction of sp³-hybridized carbons (Fsp3) is 0.600. The molecule has 2 aliphatic rings. The maximum atomic E-state index is 13.1. The summed E-state index contributed by atoms with van der Waals surface area (Å²) in [5, 5.41) is 2.84. The van der Waals surface area contributed by atoms with Gasteiger partial charge in [-0.1, -0.05) is 11.6 Å². The number of esters is 1. The van der Waals surface area contributed by atoms with E-state index in [1.54, 1.807) is 4.90 Å². The first kappa shape index (κ1) is 19.9. The number of hydrogen-bond donors (Lipinski definition) is 1. The van der Waals surface area contributed by atoms with Crippen LogP contribution in [-0.4, -0.2) is 61.6 Å². The number of alkyl halides is 4. The van der Waals surface area contributed by atoms with E-state index in [9.17, 15) is 22.4 Å². The van der Waals surface area contributed by atoms with E-state index in [0.717, 1.165) is 0 Å². The fourth-order valence-electron chi connectivity index (χ4n) is 2.97. The van der Waals surface area contributed by atoms with Crippen LogP contribution in [0.5, 0.6) is 5.75 Å². The van der Waals surface area contributed by atoms with Crippen LogP contribution in [0, 0.1) is 0 Å². The maximum absolute atomic E-state index is 13.1. The second-order valence-electron chi connectivity index (χ2n) is 6.19. The zero-order valence-electron chi connectivity index (χ0n) is 14.1. The van der Waals surface area contributed by atoms with Crippen molar-refractivity contribution in [1.29, 1.82) is 0 Å². The fourth-order valence-corrected chi connectivity index (χ4v) is 3.12. The van der Waals surface area contributed by atoms with Crippen molar-refractivity contribution < 1.29 is 36.6 Å². The molecule has 0 aliphatic carbocycles. The van der Waals surface area contributed by atoms with Crippen molar-refractivity contribution in [3.63, 3.8) is 0 Å². The summed E-state index contributed by atoms with van der Waals surface area (Å²) >= 11 is 5.87. The molecule has 7 nitrogen and oxygen atoms in total. The van der Waals surface area contributed by atoms with E-state index in [0.29, 0.717) is 12.2 Å². The summed E-state index contributed by atoms with van der Waals surface area (Å²) in [6.07, 6.45) is -5.94.